The highest BCUT2D eigenvalue weighted by Crippen LogP contribution is 2.08. The van der Waals surface area contributed by atoms with E-state index in [1.807, 2.05) is 0 Å². The molecule has 0 spiro atoms. The van der Waals surface area contributed by atoms with Gasteiger partial charge in [-0.05, 0) is 25.9 Å². The molecule has 1 rings (SSSR count). The minimum absolute atomic E-state index is 0.0573. The third-order valence-corrected chi connectivity index (χ3v) is 2.58. The van der Waals surface area contributed by atoms with Gasteiger partial charge in [-0.3, -0.25) is 14.7 Å². The maximum atomic E-state index is 11.3. The molecular formula is C10H19N3O. The van der Waals surface area contributed by atoms with Gasteiger partial charge in [0.15, 0.2) is 0 Å². The number of carbonyl (C=O) groups is 1. The fraction of sp³-hybridized carbons (Fsp3) is 0.800. The first-order chi connectivity index (χ1) is 6.77. The number of rotatable bonds is 3. The normalized spacial score (nSPS) is 19.4. The molecule has 1 aliphatic rings. The monoisotopic (exact) mass is 197 g/mol. The summed E-state index contributed by atoms with van der Waals surface area (Å²) in [6, 6.07) is 0. The summed E-state index contributed by atoms with van der Waals surface area (Å²) in [7, 11) is 3.32. The molecule has 1 saturated heterocycles. The number of piperidine rings is 1. The summed E-state index contributed by atoms with van der Waals surface area (Å²) in [5, 5.41) is 2.61. The van der Waals surface area contributed by atoms with Crippen LogP contribution in [-0.2, 0) is 4.79 Å². The molecule has 1 N–H and O–H groups in total. The molecule has 1 aliphatic heterocycles. The van der Waals surface area contributed by atoms with E-state index in [4.69, 9.17) is 0 Å². The van der Waals surface area contributed by atoms with Gasteiger partial charge < -0.3 is 5.32 Å². The number of aliphatic imine (C=N–C) groups is 1. The minimum Gasteiger partial charge on any atom is -0.354 e. The van der Waals surface area contributed by atoms with Gasteiger partial charge in [0.1, 0.15) is 5.71 Å². The van der Waals surface area contributed by atoms with E-state index in [2.05, 4.69) is 15.2 Å². The van der Waals surface area contributed by atoms with Crippen LogP contribution >= 0.6 is 0 Å². The summed E-state index contributed by atoms with van der Waals surface area (Å²) in [4.78, 5) is 17.7. The van der Waals surface area contributed by atoms with Crippen molar-refractivity contribution in [1.29, 1.82) is 0 Å². The van der Waals surface area contributed by atoms with Crippen LogP contribution in [0.2, 0.25) is 0 Å². The summed E-state index contributed by atoms with van der Waals surface area (Å²) in [6.07, 6.45) is 3.80. The van der Waals surface area contributed by atoms with Gasteiger partial charge in [0, 0.05) is 20.6 Å². The maximum Gasteiger partial charge on any atom is 0.266 e. The first-order valence-electron chi connectivity index (χ1n) is 5.18. The molecule has 0 saturated carbocycles. The average molecular weight is 197 g/mol. The number of hydrogen-bond donors (Lipinski definition) is 1. The van der Waals surface area contributed by atoms with Gasteiger partial charge in [-0.2, -0.15) is 0 Å². The highest BCUT2D eigenvalue weighted by molar-refractivity contribution is 6.39. The zero-order valence-corrected chi connectivity index (χ0v) is 9.05. The number of carbonyl (C=O) groups excluding carboxylic acids is 1. The number of likely N-dealkylation sites (tertiary alicyclic amines) is 1. The van der Waals surface area contributed by atoms with Crippen molar-refractivity contribution in [1.82, 2.24) is 10.2 Å². The summed E-state index contributed by atoms with van der Waals surface area (Å²) in [5.74, 6) is -0.0573. The van der Waals surface area contributed by atoms with Gasteiger partial charge in [-0.25, -0.2) is 0 Å². The van der Waals surface area contributed by atoms with Crippen molar-refractivity contribution in [2.75, 3.05) is 33.7 Å². The highest BCUT2D eigenvalue weighted by Gasteiger charge is 2.15. The minimum atomic E-state index is -0.0573. The van der Waals surface area contributed by atoms with E-state index in [-0.39, 0.29) is 5.91 Å². The lowest BCUT2D eigenvalue weighted by molar-refractivity contribution is -0.114. The average Bonchev–Trinajstić information content (AvgIpc) is 2.26. The van der Waals surface area contributed by atoms with Crippen molar-refractivity contribution in [3.63, 3.8) is 0 Å². The third kappa shape index (κ3) is 3.10. The Hall–Kier alpha value is -0.900. The lowest BCUT2D eigenvalue weighted by atomic mass is 10.1. The Morgan fingerprint density at radius 1 is 1.36 bits per heavy atom. The fourth-order valence-corrected chi connectivity index (χ4v) is 1.72. The fourth-order valence-electron chi connectivity index (χ4n) is 1.72. The van der Waals surface area contributed by atoms with Crippen LogP contribution in [0.1, 0.15) is 19.3 Å². The molecule has 0 aromatic carbocycles. The Morgan fingerprint density at radius 3 is 2.50 bits per heavy atom. The van der Waals surface area contributed by atoms with Crippen LogP contribution in [0.4, 0.5) is 0 Å². The molecule has 0 bridgehead atoms. The van der Waals surface area contributed by atoms with Crippen LogP contribution < -0.4 is 5.32 Å². The van der Waals surface area contributed by atoms with Gasteiger partial charge in [-0.15, -0.1) is 0 Å². The number of amides is 1. The predicted octanol–water partition coefficient (Wildman–Crippen LogP) is 0.289. The Bertz CT molecular complexity index is 219. The molecule has 0 aromatic heterocycles. The summed E-state index contributed by atoms with van der Waals surface area (Å²) in [6.45, 7) is 2.88. The zero-order chi connectivity index (χ0) is 10.4. The van der Waals surface area contributed by atoms with Crippen LogP contribution in [0.3, 0.4) is 0 Å². The molecule has 0 aromatic rings. The van der Waals surface area contributed by atoms with Gasteiger partial charge >= 0.3 is 0 Å². The molecule has 0 unspecified atom stereocenters. The van der Waals surface area contributed by atoms with Gasteiger partial charge in [-0.1, -0.05) is 6.42 Å². The SMILES string of the molecule is CN=C(CN1CCCCC1)C(=O)NC. The lowest BCUT2D eigenvalue weighted by Crippen LogP contribution is -2.40. The zero-order valence-electron chi connectivity index (χ0n) is 9.05. The maximum absolute atomic E-state index is 11.3. The second-order valence-corrected chi connectivity index (χ2v) is 3.59. The quantitative estimate of drug-likeness (QED) is 0.661. The largest absolute Gasteiger partial charge is 0.354 e. The van der Waals surface area contributed by atoms with Crippen molar-refractivity contribution in [2.24, 2.45) is 4.99 Å². The Kier molecular flexibility index (Phi) is 4.59. The van der Waals surface area contributed by atoms with E-state index in [0.29, 0.717) is 12.3 Å². The molecule has 80 valence electrons. The van der Waals surface area contributed by atoms with E-state index in [1.165, 1.54) is 19.3 Å². The van der Waals surface area contributed by atoms with Crippen molar-refractivity contribution in [2.45, 2.75) is 19.3 Å². The number of nitrogens with one attached hydrogen (secondary N) is 1. The standard InChI is InChI=1S/C10H19N3O/c1-11-9(10(14)12-2)8-13-6-4-3-5-7-13/h3-8H2,1-2H3,(H,12,14). The molecule has 1 fully saturated rings. The summed E-state index contributed by atoms with van der Waals surface area (Å²) in [5.41, 5.74) is 0.634. The molecule has 14 heavy (non-hydrogen) atoms. The Balaban J connectivity index is 2.43. The van der Waals surface area contributed by atoms with E-state index in [1.54, 1.807) is 14.1 Å². The number of nitrogens with zero attached hydrogens (tertiary/aromatic N) is 2. The highest BCUT2D eigenvalue weighted by atomic mass is 16.1. The first kappa shape index (κ1) is 11.2. The van der Waals surface area contributed by atoms with Crippen molar-refractivity contribution >= 4 is 11.6 Å². The van der Waals surface area contributed by atoms with Gasteiger partial charge in [0.25, 0.3) is 5.91 Å². The summed E-state index contributed by atoms with van der Waals surface area (Å²) >= 11 is 0. The van der Waals surface area contributed by atoms with Crippen molar-refractivity contribution < 1.29 is 4.79 Å². The van der Waals surface area contributed by atoms with Crippen molar-refractivity contribution in [3.05, 3.63) is 0 Å². The molecule has 1 amide bonds. The molecule has 0 atom stereocenters. The Morgan fingerprint density at radius 2 is 2.00 bits per heavy atom. The van der Waals surface area contributed by atoms with Crippen LogP contribution in [0.5, 0.6) is 0 Å². The lowest BCUT2D eigenvalue weighted by Gasteiger charge is -2.26. The molecule has 4 nitrogen and oxygen atoms in total. The molecule has 0 aliphatic carbocycles. The van der Waals surface area contributed by atoms with E-state index < -0.39 is 0 Å². The second-order valence-electron chi connectivity index (χ2n) is 3.59. The molecule has 0 radical (unpaired) electrons. The molecule has 4 heteroatoms. The first-order valence-corrected chi connectivity index (χ1v) is 5.18. The Labute approximate surface area is 85.4 Å². The van der Waals surface area contributed by atoms with Crippen molar-refractivity contribution in [3.8, 4) is 0 Å². The van der Waals surface area contributed by atoms with E-state index >= 15 is 0 Å². The second kappa shape index (κ2) is 5.75. The van der Waals surface area contributed by atoms with Crippen LogP contribution in [0.25, 0.3) is 0 Å². The van der Waals surface area contributed by atoms with E-state index in [9.17, 15) is 4.79 Å². The van der Waals surface area contributed by atoms with Gasteiger partial charge in [0.05, 0.1) is 0 Å². The predicted molar refractivity (Wildman–Crippen MR) is 57.7 cm³/mol. The van der Waals surface area contributed by atoms with Gasteiger partial charge in [0.2, 0.25) is 0 Å². The van der Waals surface area contributed by atoms with Crippen LogP contribution in [-0.4, -0.2) is 50.2 Å². The summed E-state index contributed by atoms with van der Waals surface area (Å²) < 4.78 is 0. The topological polar surface area (TPSA) is 44.7 Å². The molecular weight excluding hydrogens is 178 g/mol. The number of hydrogen-bond acceptors (Lipinski definition) is 3. The van der Waals surface area contributed by atoms with Crippen LogP contribution in [0, 0.1) is 0 Å². The molecule has 1 heterocycles. The smallest absolute Gasteiger partial charge is 0.266 e. The third-order valence-electron chi connectivity index (χ3n) is 2.58. The van der Waals surface area contributed by atoms with Crippen LogP contribution in [0.15, 0.2) is 4.99 Å². The van der Waals surface area contributed by atoms with E-state index in [0.717, 1.165) is 13.1 Å².